The van der Waals surface area contributed by atoms with Crippen molar-refractivity contribution >= 4 is 35.3 Å². The highest BCUT2D eigenvalue weighted by atomic mass is 16.6. The summed E-state index contributed by atoms with van der Waals surface area (Å²) in [6, 6.07) is 0. The summed E-state index contributed by atoms with van der Waals surface area (Å²) < 4.78 is 31.3. The van der Waals surface area contributed by atoms with Gasteiger partial charge in [0.1, 0.15) is 24.4 Å². The largest absolute Gasteiger partial charge is 0.460 e. The standard InChI is InChI=1S/C27H44O15/c1-4-18(30)25(34)40-13-7-10-37-21(16-28)23(33)24(39-12-9-15-42-27(36)20(32)6-3)22(17-29)38-11-8-14-41-26(35)19(31)5-2/h21-24,28-29,33H,4-17H2,1-3H3. The first-order valence-electron chi connectivity index (χ1n) is 13.9. The number of carbonyl (C=O) groups is 6. The van der Waals surface area contributed by atoms with Crippen LogP contribution in [0.15, 0.2) is 0 Å². The van der Waals surface area contributed by atoms with Crippen molar-refractivity contribution in [2.75, 3.05) is 52.9 Å². The SMILES string of the molecule is CCC(=O)C(=O)OCCCOC(CO)C(O)C(OCCCOC(=O)C(=O)CC)C(CO)OCCCOC(=O)C(=O)CC. The van der Waals surface area contributed by atoms with Gasteiger partial charge in [-0.05, 0) is 0 Å². The molecule has 0 radical (unpaired) electrons. The van der Waals surface area contributed by atoms with Crippen LogP contribution in [0.5, 0.6) is 0 Å². The van der Waals surface area contributed by atoms with Crippen LogP contribution in [0, 0.1) is 0 Å². The number of rotatable bonds is 26. The monoisotopic (exact) mass is 608 g/mol. The molecule has 4 atom stereocenters. The van der Waals surface area contributed by atoms with Crippen molar-refractivity contribution in [1.29, 1.82) is 0 Å². The molecule has 0 rings (SSSR count). The van der Waals surface area contributed by atoms with Gasteiger partial charge < -0.3 is 43.7 Å². The molecule has 0 heterocycles. The Morgan fingerprint density at radius 1 is 0.524 bits per heavy atom. The number of hydrogen-bond acceptors (Lipinski definition) is 15. The van der Waals surface area contributed by atoms with Crippen LogP contribution in [0.1, 0.15) is 59.3 Å². The van der Waals surface area contributed by atoms with E-state index in [2.05, 4.69) is 0 Å². The lowest BCUT2D eigenvalue weighted by atomic mass is 10.0. The van der Waals surface area contributed by atoms with Gasteiger partial charge in [0, 0.05) is 38.5 Å². The summed E-state index contributed by atoms with van der Waals surface area (Å²) in [5, 5.41) is 30.7. The van der Waals surface area contributed by atoms with E-state index < -0.39 is 72.9 Å². The highest BCUT2D eigenvalue weighted by Gasteiger charge is 2.35. The highest BCUT2D eigenvalue weighted by molar-refractivity contribution is 6.34. The Balaban J connectivity index is 5.11. The Labute approximate surface area is 244 Å². The topological polar surface area (TPSA) is 218 Å². The van der Waals surface area contributed by atoms with Gasteiger partial charge in [0.25, 0.3) is 0 Å². The summed E-state index contributed by atoms with van der Waals surface area (Å²) >= 11 is 0. The zero-order valence-corrected chi connectivity index (χ0v) is 24.4. The van der Waals surface area contributed by atoms with Crippen LogP contribution < -0.4 is 0 Å². The molecule has 0 aliphatic rings. The average Bonchev–Trinajstić information content (AvgIpc) is 3.00. The molecule has 0 aliphatic heterocycles. The molecular formula is C27H44O15. The smallest absolute Gasteiger partial charge is 0.374 e. The van der Waals surface area contributed by atoms with Crippen LogP contribution >= 0.6 is 0 Å². The molecule has 3 N–H and O–H groups in total. The summed E-state index contributed by atoms with van der Waals surface area (Å²) in [7, 11) is 0. The maximum absolute atomic E-state index is 11.5. The number of hydrogen-bond donors (Lipinski definition) is 3. The Hall–Kier alpha value is -2.82. The first kappa shape index (κ1) is 39.2. The molecule has 0 saturated heterocycles. The second-order valence-corrected chi connectivity index (χ2v) is 8.81. The fraction of sp³-hybridized carbons (Fsp3) is 0.778. The molecule has 0 aromatic rings. The molecule has 0 aliphatic carbocycles. The van der Waals surface area contributed by atoms with Gasteiger partial charge in [-0.2, -0.15) is 0 Å². The van der Waals surface area contributed by atoms with Crippen LogP contribution in [0.4, 0.5) is 0 Å². The molecule has 0 amide bonds. The minimum Gasteiger partial charge on any atom is -0.460 e. The maximum Gasteiger partial charge on any atom is 0.374 e. The van der Waals surface area contributed by atoms with Crippen LogP contribution in [0.25, 0.3) is 0 Å². The van der Waals surface area contributed by atoms with E-state index in [1.165, 1.54) is 20.8 Å². The lowest BCUT2D eigenvalue weighted by Gasteiger charge is -2.33. The normalized spacial score (nSPS) is 13.9. The van der Waals surface area contributed by atoms with Gasteiger partial charge >= 0.3 is 17.9 Å². The quantitative estimate of drug-likeness (QED) is 0.0475. The highest BCUT2D eigenvalue weighted by Crippen LogP contribution is 2.16. The van der Waals surface area contributed by atoms with Crippen molar-refractivity contribution in [3.05, 3.63) is 0 Å². The molecule has 15 nitrogen and oxygen atoms in total. The first-order chi connectivity index (χ1) is 20.1. The van der Waals surface area contributed by atoms with E-state index in [1.54, 1.807) is 0 Å². The summed E-state index contributed by atoms with van der Waals surface area (Å²) in [5.74, 6) is -4.95. The van der Waals surface area contributed by atoms with Gasteiger partial charge in [0.05, 0.1) is 52.9 Å². The van der Waals surface area contributed by atoms with Gasteiger partial charge in [-0.15, -0.1) is 0 Å². The van der Waals surface area contributed by atoms with E-state index >= 15 is 0 Å². The number of ether oxygens (including phenoxy) is 6. The molecule has 0 bridgehead atoms. The molecule has 42 heavy (non-hydrogen) atoms. The Morgan fingerprint density at radius 2 is 0.857 bits per heavy atom. The fourth-order valence-corrected chi connectivity index (χ4v) is 3.18. The Morgan fingerprint density at radius 3 is 1.19 bits per heavy atom. The minimum atomic E-state index is -1.54. The molecule has 0 aromatic heterocycles. The number of ketones is 3. The third kappa shape index (κ3) is 16.0. The van der Waals surface area contributed by atoms with Gasteiger partial charge in [0.15, 0.2) is 0 Å². The van der Waals surface area contributed by atoms with Crippen molar-refractivity contribution in [3.8, 4) is 0 Å². The zero-order valence-electron chi connectivity index (χ0n) is 24.4. The molecular weight excluding hydrogens is 564 g/mol. The van der Waals surface area contributed by atoms with Crippen LogP contribution in [0.2, 0.25) is 0 Å². The van der Waals surface area contributed by atoms with E-state index in [-0.39, 0.29) is 78.2 Å². The van der Waals surface area contributed by atoms with Crippen molar-refractivity contribution < 1.29 is 72.5 Å². The zero-order chi connectivity index (χ0) is 31.9. The van der Waals surface area contributed by atoms with Gasteiger partial charge in [-0.3, -0.25) is 14.4 Å². The molecule has 242 valence electrons. The summed E-state index contributed by atoms with van der Waals surface area (Å²) in [6.45, 7) is 2.61. The third-order valence-electron chi connectivity index (χ3n) is 5.63. The fourth-order valence-electron chi connectivity index (χ4n) is 3.18. The van der Waals surface area contributed by atoms with Gasteiger partial charge in [0.2, 0.25) is 17.3 Å². The van der Waals surface area contributed by atoms with Crippen LogP contribution in [-0.4, -0.2) is 128 Å². The number of aliphatic hydroxyl groups excluding tert-OH is 3. The Bertz CT molecular complexity index is 843. The van der Waals surface area contributed by atoms with Crippen molar-refractivity contribution in [2.24, 2.45) is 0 Å². The van der Waals surface area contributed by atoms with Crippen molar-refractivity contribution in [1.82, 2.24) is 0 Å². The van der Waals surface area contributed by atoms with E-state index in [0.717, 1.165) is 0 Å². The van der Waals surface area contributed by atoms with E-state index in [1.807, 2.05) is 0 Å². The van der Waals surface area contributed by atoms with E-state index in [0.29, 0.717) is 0 Å². The molecule has 0 saturated carbocycles. The molecule has 0 fully saturated rings. The third-order valence-corrected chi connectivity index (χ3v) is 5.63. The predicted molar refractivity (Wildman–Crippen MR) is 142 cm³/mol. The number of carbonyl (C=O) groups excluding carboxylic acids is 6. The molecule has 15 heteroatoms. The molecule has 0 spiro atoms. The lowest BCUT2D eigenvalue weighted by Crippen LogP contribution is -2.51. The van der Waals surface area contributed by atoms with Gasteiger partial charge in [-0.1, -0.05) is 20.8 Å². The summed E-state index contributed by atoms with van der Waals surface area (Å²) in [6.07, 6.45) is -4.73. The van der Waals surface area contributed by atoms with Crippen LogP contribution in [-0.2, 0) is 57.2 Å². The van der Waals surface area contributed by atoms with E-state index in [4.69, 9.17) is 28.4 Å². The predicted octanol–water partition coefficient (Wildman–Crippen LogP) is -0.775. The van der Waals surface area contributed by atoms with Crippen molar-refractivity contribution in [2.45, 2.75) is 83.7 Å². The lowest BCUT2D eigenvalue weighted by molar-refractivity contribution is -0.177. The average molecular weight is 609 g/mol. The molecule has 0 aromatic carbocycles. The number of aliphatic hydroxyl groups is 3. The second kappa shape index (κ2) is 23.7. The van der Waals surface area contributed by atoms with Crippen molar-refractivity contribution in [3.63, 3.8) is 0 Å². The Kier molecular flexibility index (Phi) is 22.1. The number of esters is 3. The number of Topliss-reactive ketones (excluding diaryl/α,β-unsaturated/α-hetero) is 3. The van der Waals surface area contributed by atoms with E-state index in [9.17, 15) is 44.1 Å². The summed E-state index contributed by atoms with van der Waals surface area (Å²) in [5.41, 5.74) is 0. The van der Waals surface area contributed by atoms with Gasteiger partial charge in [-0.25, -0.2) is 14.4 Å². The molecule has 4 unspecified atom stereocenters. The van der Waals surface area contributed by atoms with Crippen LogP contribution in [0.3, 0.4) is 0 Å². The first-order valence-corrected chi connectivity index (χ1v) is 13.9. The minimum absolute atomic E-state index is 0.00468. The summed E-state index contributed by atoms with van der Waals surface area (Å²) in [4.78, 5) is 68.4. The second-order valence-electron chi connectivity index (χ2n) is 8.81. The maximum atomic E-state index is 11.5.